The van der Waals surface area contributed by atoms with Gasteiger partial charge in [0.25, 0.3) is 0 Å². The van der Waals surface area contributed by atoms with E-state index >= 15 is 0 Å². The minimum absolute atomic E-state index is 0.0993. The Morgan fingerprint density at radius 1 is 1.33 bits per heavy atom. The number of hydrogen-bond acceptors (Lipinski definition) is 2. The molecule has 1 N–H and O–H groups in total. The predicted octanol–water partition coefficient (Wildman–Crippen LogP) is 4.81. The van der Waals surface area contributed by atoms with Gasteiger partial charge in [-0.3, -0.25) is 0 Å². The van der Waals surface area contributed by atoms with Gasteiger partial charge < -0.3 is 10.1 Å². The van der Waals surface area contributed by atoms with Gasteiger partial charge in [0.1, 0.15) is 0 Å². The van der Waals surface area contributed by atoms with Gasteiger partial charge in [-0.25, -0.2) is 0 Å². The average molecular weight is 289 g/mol. The van der Waals surface area contributed by atoms with E-state index in [1.54, 1.807) is 0 Å². The summed E-state index contributed by atoms with van der Waals surface area (Å²) >= 11 is 0. The standard InChI is InChI=1S/C19H31NO/c1-5-12-20-18(14-19(2,3)21-4)17-11-7-10-16(13-17)15-8-6-9-15/h7,10-11,13,15,18,20H,5-6,8-9,12,14H2,1-4H3. The molecule has 0 heterocycles. The molecule has 1 aliphatic carbocycles. The Morgan fingerprint density at radius 2 is 2.10 bits per heavy atom. The first-order valence-electron chi connectivity index (χ1n) is 8.44. The Bertz CT molecular complexity index is 437. The molecule has 1 saturated carbocycles. The molecule has 0 aliphatic heterocycles. The summed E-state index contributed by atoms with van der Waals surface area (Å²) in [4.78, 5) is 0. The van der Waals surface area contributed by atoms with Gasteiger partial charge in [0.15, 0.2) is 0 Å². The summed E-state index contributed by atoms with van der Waals surface area (Å²) in [5.74, 6) is 0.798. The van der Waals surface area contributed by atoms with Crippen molar-refractivity contribution in [3.8, 4) is 0 Å². The van der Waals surface area contributed by atoms with E-state index in [0.29, 0.717) is 6.04 Å². The molecule has 0 aromatic heterocycles. The van der Waals surface area contributed by atoms with Crippen LogP contribution in [-0.4, -0.2) is 19.3 Å². The molecule has 0 bridgehead atoms. The van der Waals surface area contributed by atoms with Crippen LogP contribution in [0.1, 0.15) is 76.0 Å². The molecule has 0 amide bonds. The van der Waals surface area contributed by atoms with Gasteiger partial charge >= 0.3 is 0 Å². The fourth-order valence-corrected chi connectivity index (χ4v) is 2.97. The van der Waals surface area contributed by atoms with E-state index in [1.807, 2.05) is 7.11 Å². The second kappa shape index (κ2) is 7.42. The zero-order chi connectivity index (χ0) is 15.3. The minimum Gasteiger partial charge on any atom is -0.379 e. The van der Waals surface area contributed by atoms with Crippen LogP contribution in [0.5, 0.6) is 0 Å². The summed E-state index contributed by atoms with van der Waals surface area (Å²) in [6.07, 6.45) is 6.27. The fourth-order valence-electron chi connectivity index (χ4n) is 2.97. The Hall–Kier alpha value is -0.860. The molecule has 1 aliphatic rings. The zero-order valence-corrected chi connectivity index (χ0v) is 14.1. The Balaban J connectivity index is 2.14. The molecule has 0 saturated heterocycles. The number of benzene rings is 1. The summed E-state index contributed by atoms with van der Waals surface area (Å²) in [5, 5.41) is 3.70. The van der Waals surface area contributed by atoms with E-state index < -0.39 is 0 Å². The molecule has 2 heteroatoms. The smallest absolute Gasteiger partial charge is 0.0640 e. The summed E-state index contributed by atoms with van der Waals surface area (Å²) < 4.78 is 5.64. The van der Waals surface area contributed by atoms with Crippen molar-refractivity contribution in [2.45, 2.75) is 70.4 Å². The minimum atomic E-state index is -0.0993. The summed E-state index contributed by atoms with van der Waals surface area (Å²) in [6.45, 7) is 7.61. The van der Waals surface area contributed by atoms with Crippen LogP contribution < -0.4 is 5.32 Å². The topological polar surface area (TPSA) is 21.3 Å². The van der Waals surface area contributed by atoms with Gasteiger partial charge in [0.05, 0.1) is 5.60 Å². The van der Waals surface area contributed by atoms with Gasteiger partial charge in [-0.15, -0.1) is 0 Å². The lowest BCUT2D eigenvalue weighted by Crippen LogP contribution is -2.32. The maximum Gasteiger partial charge on any atom is 0.0640 e. The Labute approximate surface area is 130 Å². The predicted molar refractivity (Wildman–Crippen MR) is 89.8 cm³/mol. The summed E-state index contributed by atoms with van der Waals surface area (Å²) in [7, 11) is 1.81. The quantitative estimate of drug-likeness (QED) is 0.741. The van der Waals surface area contributed by atoms with Crippen molar-refractivity contribution in [2.75, 3.05) is 13.7 Å². The van der Waals surface area contributed by atoms with Gasteiger partial charge in [-0.05, 0) is 63.1 Å². The van der Waals surface area contributed by atoms with Crippen LogP contribution in [-0.2, 0) is 4.74 Å². The second-order valence-electron chi connectivity index (χ2n) is 6.97. The summed E-state index contributed by atoms with van der Waals surface area (Å²) in [6, 6.07) is 9.58. The number of nitrogens with one attached hydrogen (secondary N) is 1. The maximum atomic E-state index is 5.64. The highest BCUT2D eigenvalue weighted by Gasteiger charge is 2.25. The summed E-state index contributed by atoms with van der Waals surface area (Å²) in [5.41, 5.74) is 2.84. The van der Waals surface area contributed by atoms with E-state index in [0.717, 1.165) is 25.3 Å². The highest BCUT2D eigenvalue weighted by atomic mass is 16.5. The normalized spacial score (nSPS) is 17.5. The highest BCUT2D eigenvalue weighted by molar-refractivity contribution is 5.30. The largest absolute Gasteiger partial charge is 0.379 e. The van der Waals surface area contributed by atoms with Crippen molar-refractivity contribution < 1.29 is 4.74 Å². The highest BCUT2D eigenvalue weighted by Crippen LogP contribution is 2.37. The number of ether oxygens (including phenoxy) is 1. The molecule has 2 nitrogen and oxygen atoms in total. The van der Waals surface area contributed by atoms with Crippen LogP contribution in [0.15, 0.2) is 24.3 Å². The van der Waals surface area contributed by atoms with E-state index in [2.05, 4.69) is 50.4 Å². The molecule has 21 heavy (non-hydrogen) atoms. The van der Waals surface area contributed by atoms with Gasteiger partial charge in [-0.1, -0.05) is 37.6 Å². The monoisotopic (exact) mass is 289 g/mol. The van der Waals surface area contributed by atoms with Gasteiger partial charge in [0, 0.05) is 13.2 Å². The first kappa shape index (κ1) is 16.5. The van der Waals surface area contributed by atoms with Crippen LogP contribution in [0.2, 0.25) is 0 Å². The third kappa shape index (κ3) is 4.55. The fraction of sp³-hybridized carbons (Fsp3) is 0.684. The molecular formula is C19H31NO. The zero-order valence-electron chi connectivity index (χ0n) is 14.1. The van der Waals surface area contributed by atoms with E-state index in [1.165, 1.54) is 30.4 Å². The van der Waals surface area contributed by atoms with Crippen molar-refractivity contribution in [3.05, 3.63) is 35.4 Å². The molecule has 1 atom stereocenters. The molecule has 1 aromatic carbocycles. The van der Waals surface area contributed by atoms with Crippen LogP contribution >= 0.6 is 0 Å². The van der Waals surface area contributed by atoms with Crippen LogP contribution in [0.3, 0.4) is 0 Å². The number of rotatable bonds is 8. The van der Waals surface area contributed by atoms with Crippen molar-refractivity contribution in [1.82, 2.24) is 5.32 Å². The Kier molecular flexibility index (Phi) is 5.83. The molecule has 2 rings (SSSR count). The third-order valence-electron chi connectivity index (χ3n) is 4.78. The maximum absolute atomic E-state index is 5.64. The average Bonchev–Trinajstić information content (AvgIpc) is 2.42. The van der Waals surface area contributed by atoms with Crippen molar-refractivity contribution in [2.24, 2.45) is 0 Å². The van der Waals surface area contributed by atoms with Crippen LogP contribution in [0.4, 0.5) is 0 Å². The van der Waals surface area contributed by atoms with Crippen molar-refractivity contribution in [1.29, 1.82) is 0 Å². The second-order valence-corrected chi connectivity index (χ2v) is 6.97. The SMILES string of the molecule is CCCNC(CC(C)(C)OC)c1cccc(C2CCC2)c1. The van der Waals surface area contributed by atoms with Crippen molar-refractivity contribution >= 4 is 0 Å². The van der Waals surface area contributed by atoms with E-state index in [-0.39, 0.29) is 5.60 Å². The third-order valence-corrected chi connectivity index (χ3v) is 4.78. The van der Waals surface area contributed by atoms with Crippen LogP contribution in [0, 0.1) is 0 Å². The first-order chi connectivity index (χ1) is 10.1. The molecule has 0 radical (unpaired) electrons. The molecule has 1 aromatic rings. The van der Waals surface area contributed by atoms with E-state index in [9.17, 15) is 0 Å². The molecular weight excluding hydrogens is 258 g/mol. The van der Waals surface area contributed by atoms with E-state index in [4.69, 9.17) is 4.74 Å². The Morgan fingerprint density at radius 3 is 2.67 bits per heavy atom. The lowest BCUT2D eigenvalue weighted by atomic mass is 9.79. The number of methoxy groups -OCH3 is 1. The van der Waals surface area contributed by atoms with Crippen molar-refractivity contribution in [3.63, 3.8) is 0 Å². The van der Waals surface area contributed by atoms with Crippen LogP contribution in [0.25, 0.3) is 0 Å². The van der Waals surface area contributed by atoms with Gasteiger partial charge in [0.2, 0.25) is 0 Å². The molecule has 1 fully saturated rings. The molecule has 1 unspecified atom stereocenters. The first-order valence-corrected chi connectivity index (χ1v) is 8.44. The lowest BCUT2D eigenvalue weighted by molar-refractivity contribution is 0.00684. The molecule has 118 valence electrons. The van der Waals surface area contributed by atoms with Gasteiger partial charge in [-0.2, -0.15) is 0 Å². The lowest BCUT2D eigenvalue weighted by Gasteiger charge is -2.31. The molecule has 0 spiro atoms. The number of hydrogen-bond donors (Lipinski definition) is 1.